The van der Waals surface area contributed by atoms with E-state index in [9.17, 15) is 0 Å². The third kappa shape index (κ3) is 0.598. The highest BCUT2D eigenvalue weighted by atomic mass is 16.3. The molecule has 0 spiro atoms. The van der Waals surface area contributed by atoms with Gasteiger partial charge in [-0.05, 0) is 6.07 Å². The molecule has 0 saturated carbocycles. The maximum Gasteiger partial charge on any atom is 0.0995 e. The normalized spacial score (nSPS) is 10.2. The summed E-state index contributed by atoms with van der Waals surface area (Å²) < 4.78 is 4.91. The topological polar surface area (TPSA) is 26.0 Å². The fraction of sp³-hybridized carbons (Fsp3) is 0. The van der Waals surface area contributed by atoms with E-state index in [1.165, 1.54) is 0 Å². The van der Waals surface area contributed by atoms with Crippen molar-refractivity contribution in [3.63, 3.8) is 0 Å². The van der Waals surface area contributed by atoms with E-state index in [2.05, 4.69) is 4.98 Å². The fourth-order valence-electron chi connectivity index (χ4n) is 0.810. The predicted molar refractivity (Wildman–Crippen MR) is 33.1 cm³/mol. The van der Waals surface area contributed by atoms with E-state index in [0.29, 0.717) is 0 Å². The average Bonchev–Trinajstić information content (AvgIpc) is 2.33. The van der Waals surface area contributed by atoms with Gasteiger partial charge in [0.05, 0.1) is 12.5 Å². The first-order chi connectivity index (χ1) is 4.47. The Labute approximate surface area is 52.5 Å². The van der Waals surface area contributed by atoms with Gasteiger partial charge in [0, 0.05) is 23.5 Å². The average molecular weight is 119 g/mol. The van der Waals surface area contributed by atoms with Crippen LogP contribution in [0.1, 0.15) is 0 Å². The van der Waals surface area contributed by atoms with Crippen LogP contribution >= 0.6 is 0 Å². The number of rotatable bonds is 0. The zero-order valence-electron chi connectivity index (χ0n) is 4.74. The van der Waals surface area contributed by atoms with Gasteiger partial charge in [-0.1, -0.05) is 0 Å². The van der Waals surface area contributed by atoms with Gasteiger partial charge < -0.3 is 4.42 Å². The molecule has 44 valence electrons. The zero-order chi connectivity index (χ0) is 6.10. The minimum Gasteiger partial charge on any atom is -0.472 e. The molecular formula is C7H5NO. The van der Waals surface area contributed by atoms with Gasteiger partial charge in [0.1, 0.15) is 0 Å². The Balaban J connectivity index is 2.79. The summed E-state index contributed by atoms with van der Waals surface area (Å²) in [6.45, 7) is 0. The molecule has 2 rings (SSSR count). The van der Waals surface area contributed by atoms with E-state index >= 15 is 0 Å². The summed E-state index contributed by atoms with van der Waals surface area (Å²) in [6, 6.07) is 1.89. The Hall–Kier alpha value is -1.31. The first kappa shape index (κ1) is 4.56. The second-order valence-corrected chi connectivity index (χ2v) is 1.87. The van der Waals surface area contributed by atoms with Crippen LogP contribution in [0.3, 0.4) is 0 Å². The van der Waals surface area contributed by atoms with E-state index < -0.39 is 0 Å². The molecule has 0 saturated heterocycles. The van der Waals surface area contributed by atoms with Gasteiger partial charge in [-0.25, -0.2) is 0 Å². The summed E-state index contributed by atoms with van der Waals surface area (Å²) in [5.74, 6) is 0. The van der Waals surface area contributed by atoms with Crippen molar-refractivity contribution in [2.45, 2.75) is 0 Å². The maximum absolute atomic E-state index is 4.91. The largest absolute Gasteiger partial charge is 0.472 e. The first-order valence-electron chi connectivity index (χ1n) is 2.73. The molecule has 0 radical (unpaired) electrons. The van der Waals surface area contributed by atoms with Gasteiger partial charge >= 0.3 is 0 Å². The van der Waals surface area contributed by atoms with Crippen molar-refractivity contribution >= 4 is 0 Å². The third-order valence-electron chi connectivity index (χ3n) is 1.28. The van der Waals surface area contributed by atoms with Crippen molar-refractivity contribution in [1.29, 1.82) is 0 Å². The third-order valence-corrected chi connectivity index (χ3v) is 1.28. The summed E-state index contributed by atoms with van der Waals surface area (Å²) in [6.07, 6.45) is 6.91. The summed E-state index contributed by atoms with van der Waals surface area (Å²) in [4.78, 5) is 3.94. The van der Waals surface area contributed by atoms with Crippen molar-refractivity contribution in [3.8, 4) is 11.1 Å². The van der Waals surface area contributed by atoms with Crippen LogP contribution in [0.25, 0.3) is 11.1 Å². The van der Waals surface area contributed by atoms with Crippen LogP contribution in [0.2, 0.25) is 0 Å². The lowest BCUT2D eigenvalue weighted by Gasteiger charge is -1.90. The van der Waals surface area contributed by atoms with Crippen LogP contribution in [-0.4, -0.2) is 4.98 Å². The molecule has 2 aliphatic heterocycles. The minimum absolute atomic E-state index is 1.05. The molecule has 0 aromatic heterocycles. The SMILES string of the molecule is c1cc2cncc-2co1. The molecule has 2 heterocycles. The smallest absolute Gasteiger partial charge is 0.0995 e. The van der Waals surface area contributed by atoms with E-state index in [0.717, 1.165) is 11.1 Å². The quantitative estimate of drug-likeness (QED) is 0.528. The lowest BCUT2D eigenvalue weighted by Crippen LogP contribution is -1.67. The molecule has 2 nitrogen and oxygen atoms in total. The van der Waals surface area contributed by atoms with Gasteiger partial charge in [0.15, 0.2) is 0 Å². The van der Waals surface area contributed by atoms with Crippen molar-refractivity contribution < 1.29 is 4.42 Å². The zero-order valence-corrected chi connectivity index (χ0v) is 4.74. The van der Waals surface area contributed by atoms with E-state index in [1.807, 2.05) is 12.3 Å². The molecule has 9 heavy (non-hydrogen) atoms. The molecule has 0 aromatic carbocycles. The van der Waals surface area contributed by atoms with Crippen molar-refractivity contribution in [1.82, 2.24) is 4.98 Å². The molecule has 0 fully saturated rings. The summed E-state index contributed by atoms with van der Waals surface area (Å²) in [5.41, 5.74) is 2.18. The molecule has 0 N–H and O–H groups in total. The highest BCUT2D eigenvalue weighted by molar-refractivity contribution is 5.61. The Bertz CT molecular complexity index is 249. The Kier molecular flexibility index (Phi) is 0.803. The van der Waals surface area contributed by atoms with Crippen molar-refractivity contribution in [2.24, 2.45) is 0 Å². The van der Waals surface area contributed by atoms with Crippen LogP contribution in [0.4, 0.5) is 0 Å². The highest BCUT2D eigenvalue weighted by Gasteiger charge is 1.98. The van der Waals surface area contributed by atoms with Crippen LogP contribution in [-0.2, 0) is 0 Å². The summed E-state index contributed by atoms with van der Waals surface area (Å²) >= 11 is 0. The van der Waals surface area contributed by atoms with Crippen LogP contribution in [0.5, 0.6) is 0 Å². The summed E-state index contributed by atoms with van der Waals surface area (Å²) in [7, 11) is 0. The fourth-order valence-corrected chi connectivity index (χ4v) is 0.810. The Morgan fingerprint density at radius 2 is 2.11 bits per heavy atom. The molecular weight excluding hydrogens is 114 g/mol. The van der Waals surface area contributed by atoms with Crippen molar-refractivity contribution in [3.05, 3.63) is 31.0 Å². The number of nitrogens with zero attached hydrogens (tertiary/aromatic N) is 1. The first-order valence-corrected chi connectivity index (χ1v) is 2.73. The molecule has 0 unspecified atom stereocenters. The molecule has 0 bridgehead atoms. The van der Waals surface area contributed by atoms with E-state index in [1.54, 1.807) is 18.7 Å². The molecule has 0 aliphatic carbocycles. The predicted octanol–water partition coefficient (Wildman–Crippen LogP) is 1.78. The highest BCUT2D eigenvalue weighted by Crippen LogP contribution is 2.18. The molecule has 2 heteroatoms. The van der Waals surface area contributed by atoms with Gasteiger partial charge in [-0.15, -0.1) is 0 Å². The minimum atomic E-state index is 1.05. The standard InChI is InChI=1S/C7H5NO/c1-2-9-5-7-4-8-3-6(1)7/h1-5H. The van der Waals surface area contributed by atoms with Crippen LogP contribution in [0.15, 0.2) is 35.4 Å². The monoisotopic (exact) mass is 119 g/mol. The Morgan fingerprint density at radius 3 is 3.00 bits per heavy atom. The maximum atomic E-state index is 4.91. The van der Waals surface area contributed by atoms with Gasteiger partial charge in [-0.2, -0.15) is 0 Å². The second kappa shape index (κ2) is 1.58. The lowest BCUT2D eigenvalue weighted by molar-refractivity contribution is 0.552. The Morgan fingerprint density at radius 1 is 1.22 bits per heavy atom. The van der Waals surface area contributed by atoms with Crippen molar-refractivity contribution in [2.75, 3.05) is 0 Å². The molecule has 0 atom stereocenters. The number of aromatic nitrogens is 1. The lowest BCUT2D eigenvalue weighted by atomic mass is 10.2. The van der Waals surface area contributed by atoms with Crippen LogP contribution < -0.4 is 0 Å². The van der Waals surface area contributed by atoms with Gasteiger partial charge in [0.2, 0.25) is 0 Å². The number of hydrogen-bond acceptors (Lipinski definition) is 2. The van der Waals surface area contributed by atoms with Crippen LogP contribution in [0, 0.1) is 0 Å². The van der Waals surface area contributed by atoms with E-state index in [-0.39, 0.29) is 0 Å². The van der Waals surface area contributed by atoms with Gasteiger partial charge in [0.25, 0.3) is 0 Å². The summed E-state index contributed by atoms with van der Waals surface area (Å²) in [5, 5.41) is 0. The number of hydrogen-bond donors (Lipinski definition) is 0. The number of fused-ring (bicyclic) bond motifs is 1. The van der Waals surface area contributed by atoms with E-state index in [4.69, 9.17) is 4.42 Å². The molecule has 0 amide bonds. The molecule has 2 aliphatic rings. The van der Waals surface area contributed by atoms with Gasteiger partial charge in [-0.3, -0.25) is 4.98 Å². The molecule has 0 aromatic rings. The second-order valence-electron chi connectivity index (χ2n) is 1.87.